The summed E-state index contributed by atoms with van der Waals surface area (Å²) >= 11 is 0. The fourth-order valence-corrected chi connectivity index (χ4v) is 2.79. The lowest BCUT2D eigenvalue weighted by Gasteiger charge is -2.32. The standard InChI is InChI=1S/C15H19NO4/c1-11(20-10-17)15(6-3-7-16-15)14(19)9-12-4-2-5-13(18)8-12/h2,4-5,8,10-11,16,18H,3,6-7,9H2,1H3/t11?,15-/m1/s1. The molecule has 5 nitrogen and oxygen atoms in total. The molecule has 0 aliphatic carbocycles. The molecule has 2 atom stereocenters. The van der Waals surface area contributed by atoms with E-state index >= 15 is 0 Å². The van der Waals surface area contributed by atoms with Crippen molar-refractivity contribution >= 4 is 12.3 Å². The Morgan fingerprint density at radius 3 is 3.00 bits per heavy atom. The van der Waals surface area contributed by atoms with Gasteiger partial charge in [-0.2, -0.15) is 0 Å². The Morgan fingerprint density at radius 2 is 2.40 bits per heavy atom. The molecular formula is C15H19NO4. The van der Waals surface area contributed by atoms with Gasteiger partial charge in [-0.3, -0.25) is 9.59 Å². The Kier molecular flexibility index (Phi) is 4.39. The van der Waals surface area contributed by atoms with Crippen LogP contribution in [0.15, 0.2) is 24.3 Å². The molecule has 0 amide bonds. The molecule has 1 aliphatic heterocycles. The van der Waals surface area contributed by atoms with Crippen molar-refractivity contribution in [1.29, 1.82) is 0 Å². The van der Waals surface area contributed by atoms with E-state index in [0.717, 1.165) is 18.5 Å². The fourth-order valence-electron chi connectivity index (χ4n) is 2.79. The van der Waals surface area contributed by atoms with Crippen LogP contribution >= 0.6 is 0 Å². The number of hydrogen-bond donors (Lipinski definition) is 2. The minimum absolute atomic E-state index is 0.0186. The first kappa shape index (κ1) is 14.5. The molecule has 1 aromatic rings. The molecule has 2 rings (SSSR count). The lowest BCUT2D eigenvalue weighted by Crippen LogP contribution is -2.57. The summed E-state index contributed by atoms with van der Waals surface area (Å²) in [4.78, 5) is 23.2. The Morgan fingerprint density at radius 1 is 1.60 bits per heavy atom. The maximum absolute atomic E-state index is 12.6. The predicted molar refractivity (Wildman–Crippen MR) is 73.4 cm³/mol. The Labute approximate surface area is 117 Å². The molecule has 0 saturated carbocycles. The van der Waals surface area contributed by atoms with Crippen LogP contribution in [0.3, 0.4) is 0 Å². The minimum atomic E-state index is -0.813. The van der Waals surface area contributed by atoms with Crippen LogP contribution in [0.4, 0.5) is 0 Å². The second-order valence-electron chi connectivity index (χ2n) is 5.15. The molecule has 1 saturated heterocycles. The highest BCUT2D eigenvalue weighted by molar-refractivity contribution is 5.91. The maximum Gasteiger partial charge on any atom is 0.293 e. The Bertz CT molecular complexity index is 494. The SMILES string of the molecule is CC(OC=O)[C@@]1(C(=O)Cc2cccc(O)c2)CCCN1. The quantitative estimate of drug-likeness (QED) is 0.764. The summed E-state index contributed by atoms with van der Waals surface area (Å²) in [6, 6.07) is 6.64. The first-order valence-corrected chi connectivity index (χ1v) is 6.74. The van der Waals surface area contributed by atoms with Gasteiger partial charge in [-0.05, 0) is 44.0 Å². The van der Waals surface area contributed by atoms with Gasteiger partial charge in [0, 0.05) is 6.42 Å². The highest BCUT2D eigenvalue weighted by Gasteiger charge is 2.46. The van der Waals surface area contributed by atoms with E-state index in [1.807, 2.05) is 0 Å². The van der Waals surface area contributed by atoms with Crippen LogP contribution in [0.5, 0.6) is 5.75 Å². The number of carbonyl (C=O) groups excluding carboxylic acids is 2. The van der Waals surface area contributed by atoms with Gasteiger partial charge in [0.05, 0.1) is 0 Å². The number of aromatic hydroxyl groups is 1. The maximum atomic E-state index is 12.6. The van der Waals surface area contributed by atoms with Gasteiger partial charge in [0.2, 0.25) is 0 Å². The highest BCUT2D eigenvalue weighted by Crippen LogP contribution is 2.28. The lowest BCUT2D eigenvalue weighted by atomic mass is 9.83. The number of Topliss-reactive ketones (excluding diaryl/α,β-unsaturated/α-hetero) is 1. The van der Waals surface area contributed by atoms with E-state index in [0.29, 0.717) is 12.9 Å². The van der Waals surface area contributed by atoms with Crippen LogP contribution in [0.25, 0.3) is 0 Å². The highest BCUT2D eigenvalue weighted by atomic mass is 16.5. The van der Waals surface area contributed by atoms with Crippen molar-refractivity contribution in [3.05, 3.63) is 29.8 Å². The molecule has 1 aliphatic rings. The van der Waals surface area contributed by atoms with E-state index in [1.54, 1.807) is 31.2 Å². The average Bonchev–Trinajstić information content (AvgIpc) is 2.89. The van der Waals surface area contributed by atoms with Gasteiger partial charge >= 0.3 is 0 Å². The zero-order valence-electron chi connectivity index (χ0n) is 11.5. The Hall–Kier alpha value is -1.88. The number of rotatable bonds is 6. The van der Waals surface area contributed by atoms with Crippen molar-refractivity contribution in [2.75, 3.05) is 6.54 Å². The third-order valence-corrected chi connectivity index (χ3v) is 3.91. The molecule has 0 bridgehead atoms. The monoisotopic (exact) mass is 277 g/mol. The Balaban J connectivity index is 2.17. The first-order valence-electron chi connectivity index (χ1n) is 6.74. The zero-order chi connectivity index (χ0) is 14.6. The van der Waals surface area contributed by atoms with E-state index < -0.39 is 11.6 Å². The summed E-state index contributed by atoms with van der Waals surface area (Å²) in [7, 11) is 0. The first-order chi connectivity index (χ1) is 9.58. The summed E-state index contributed by atoms with van der Waals surface area (Å²) in [5.74, 6) is 0.121. The summed E-state index contributed by atoms with van der Waals surface area (Å²) in [6.45, 7) is 2.85. The molecule has 1 heterocycles. The number of ether oxygens (including phenoxy) is 1. The summed E-state index contributed by atoms with van der Waals surface area (Å²) in [5, 5.41) is 12.6. The van der Waals surface area contributed by atoms with Gasteiger partial charge in [-0.15, -0.1) is 0 Å². The summed E-state index contributed by atoms with van der Waals surface area (Å²) in [6.07, 6.45) is 1.22. The van der Waals surface area contributed by atoms with Crippen molar-refractivity contribution in [1.82, 2.24) is 5.32 Å². The molecule has 108 valence electrons. The third kappa shape index (κ3) is 2.82. The van der Waals surface area contributed by atoms with Crippen LogP contribution in [0, 0.1) is 0 Å². The number of phenols is 1. The minimum Gasteiger partial charge on any atom is -0.508 e. The van der Waals surface area contributed by atoms with Gasteiger partial charge in [0.15, 0.2) is 5.78 Å². The molecule has 0 aromatic heterocycles. The van der Waals surface area contributed by atoms with E-state index in [2.05, 4.69) is 5.32 Å². The van der Waals surface area contributed by atoms with E-state index in [1.165, 1.54) is 0 Å². The second-order valence-corrected chi connectivity index (χ2v) is 5.15. The van der Waals surface area contributed by atoms with Crippen molar-refractivity contribution in [3.63, 3.8) is 0 Å². The molecule has 1 fully saturated rings. The van der Waals surface area contributed by atoms with Crippen molar-refractivity contribution < 1.29 is 19.4 Å². The summed E-state index contributed by atoms with van der Waals surface area (Å²) < 4.78 is 5.00. The number of phenolic OH excluding ortho intramolecular Hbond substituents is 1. The molecule has 5 heteroatoms. The zero-order valence-corrected chi connectivity index (χ0v) is 11.5. The molecule has 0 spiro atoms. The van der Waals surface area contributed by atoms with E-state index in [9.17, 15) is 14.7 Å². The number of hydrogen-bond acceptors (Lipinski definition) is 5. The van der Waals surface area contributed by atoms with Crippen LogP contribution in [0.2, 0.25) is 0 Å². The number of carbonyl (C=O) groups is 2. The number of nitrogens with one attached hydrogen (secondary N) is 1. The van der Waals surface area contributed by atoms with Crippen molar-refractivity contribution in [3.8, 4) is 5.75 Å². The smallest absolute Gasteiger partial charge is 0.293 e. The third-order valence-electron chi connectivity index (χ3n) is 3.91. The molecule has 1 unspecified atom stereocenters. The lowest BCUT2D eigenvalue weighted by molar-refractivity contribution is -0.141. The second kappa shape index (κ2) is 6.05. The fraction of sp³-hybridized carbons (Fsp3) is 0.467. The van der Waals surface area contributed by atoms with E-state index in [-0.39, 0.29) is 18.0 Å². The largest absolute Gasteiger partial charge is 0.508 e. The molecule has 0 radical (unpaired) electrons. The van der Waals surface area contributed by atoms with Crippen LogP contribution < -0.4 is 5.32 Å². The molecular weight excluding hydrogens is 258 g/mol. The number of ketones is 1. The van der Waals surface area contributed by atoms with Gasteiger partial charge in [0.1, 0.15) is 17.4 Å². The topological polar surface area (TPSA) is 75.6 Å². The summed E-state index contributed by atoms with van der Waals surface area (Å²) in [5.41, 5.74) is -0.0618. The number of benzene rings is 1. The van der Waals surface area contributed by atoms with Gasteiger partial charge in [-0.1, -0.05) is 12.1 Å². The normalized spacial score (nSPS) is 23.2. The van der Waals surface area contributed by atoms with Crippen LogP contribution in [-0.2, 0) is 20.7 Å². The predicted octanol–water partition coefficient (Wildman–Crippen LogP) is 1.19. The van der Waals surface area contributed by atoms with Crippen molar-refractivity contribution in [2.45, 2.75) is 37.8 Å². The van der Waals surface area contributed by atoms with E-state index in [4.69, 9.17) is 4.74 Å². The van der Waals surface area contributed by atoms with Crippen LogP contribution in [0.1, 0.15) is 25.3 Å². The van der Waals surface area contributed by atoms with Crippen LogP contribution in [-0.4, -0.2) is 35.5 Å². The van der Waals surface area contributed by atoms with Gasteiger partial charge < -0.3 is 15.2 Å². The average molecular weight is 277 g/mol. The molecule has 20 heavy (non-hydrogen) atoms. The van der Waals surface area contributed by atoms with Crippen molar-refractivity contribution in [2.24, 2.45) is 0 Å². The van der Waals surface area contributed by atoms with Gasteiger partial charge in [0.25, 0.3) is 6.47 Å². The molecule has 2 N–H and O–H groups in total. The van der Waals surface area contributed by atoms with Gasteiger partial charge in [-0.25, -0.2) is 0 Å². The molecule has 1 aromatic carbocycles.